The van der Waals surface area contributed by atoms with Gasteiger partial charge in [-0.3, -0.25) is 0 Å². The van der Waals surface area contributed by atoms with Gasteiger partial charge in [0.05, 0.1) is 12.7 Å². The summed E-state index contributed by atoms with van der Waals surface area (Å²) in [5.74, 6) is 0.645. The van der Waals surface area contributed by atoms with Crippen LogP contribution in [0.2, 0.25) is 0 Å². The van der Waals surface area contributed by atoms with Gasteiger partial charge in [-0.2, -0.15) is 10.1 Å². The molecule has 0 aromatic carbocycles. The van der Waals surface area contributed by atoms with E-state index in [0.717, 1.165) is 5.56 Å². The molecular weight excluding hydrogens is 194 g/mol. The van der Waals surface area contributed by atoms with Crippen LogP contribution in [0.25, 0.3) is 6.20 Å². The first-order chi connectivity index (χ1) is 7.38. The summed E-state index contributed by atoms with van der Waals surface area (Å²) >= 11 is 0. The first kappa shape index (κ1) is 9.60. The largest absolute Gasteiger partial charge is 0.343 e. The summed E-state index contributed by atoms with van der Waals surface area (Å²) in [7, 11) is 0. The van der Waals surface area contributed by atoms with Crippen molar-refractivity contribution in [3.05, 3.63) is 36.8 Å². The van der Waals surface area contributed by atoms with Gasteiger partial charge < -0.3 is 9.84 Å². The van der Waals surface area contributed by atoms with E-state index in [-0.39, 0.29) is 0 Å². The highest BCUT2D eigenvalue weighted by Crippen LogP contribution is 1.97. The van der Waals surface area contributed by atoms with Gasteiger partial charge in [-0.1, -0.05) is 11.7 Å². The number of aromatic nitrogens is 4. The summed E-state index contributed by atoms with van der Waals surface area (Å²) in [6, 6.07) is 0. The van der Waals surface area contributed by atoms with E-state index in [2.05, 4.69) is 31.7 Å². The zero-order valence-corrected chi connectivity index (χ0v) is 8.13. The minimum Gasteiger partial charge on any atom is -0.343 e. The van der Waals surface area contributed by atoms with E-state index in [0.29, 0.717) is 18.9 Å². The highest BCUT2D eigenvalue weighted by Gasteiger charge is 1.99. The molecule has 15 heavy (non-hydrogen) atoms. The molecule has 2 rings (SSSR count). The molecule has 0 bridgehead atoms. The second-order valence-electron chi connectivity index (χ2n) is 2.96. The van der Waals surface area contributed by atoms with E-state index in [1.54, 1.807) is 17.1 Å². The lowest BCUT2D eigenvalue weighted by atomic mass is 10.3. The summed E-state index contributed by atoms with van der Waals surface area (Å²) < 4.78 is 6.27. The Morgan fingerprint density at radius 3 is 3.13 bits per heavy atom. The van der Waals surface area contributed by atoms with Gasteiger partial charge >= 0.3 is 0 Å². The van der Waals surface area contributed by atoms with E-state index in [4.69, 9.17) is 0 Å². The van der Waals surface area contributed by atoms with Gasteiger partial charge in [-0.25, -0.2) is 4.68 Å². The molecule has 0 spiro atoms. The summed E-state index contributed by atoms with van der Waals surface area (Å²) in [4.78, 5) is 3.89. The maximum Gasteiger partial charge on any atom is 0.213 e. The zero-order chi connectivity index (χ0) is 10.5. The number of hydrogen-bond acceptors (Lipinski definition) is 5. The minimum atomic E-state index is 0.579. The van der Waals surface area contributed by atoms with Crippen LogP contribution in [0.4, 0.5) is 0 Å². The molecule has 0 atom stereocenters. The van der Waals surface area contributed by atoms with Crippen LogP contribution in [0, 0.1) is 0 Å². The molecule has 78 valence electrons. The van der Waals surface area contributed by atoms with Crippen LogP contribution in [0.1, 0.15) is 11.4 Å². The third kappa shape index (κ3) is 2.50. The third-order valence-electron chi connectivity index (χ3n) is 1.86. The molecule has 2 heterocycles. The quantitative estimate of drug-likeness (QED) is 0.776. The Morgan fingerprint density at radius 1 is 1.53 bits per heavy atom. The van der Waals surface area contributed by atoms with Gasteiger partial charge in [0, 0.05) is 24.5 Å². The SMILES string of the molecule is C=Cn1cc(CNCc2ncon2)cn1. The lowest BCUT2D eigenvalue weighted by Gasteiger charge is -1.97. The van der Waals surface area contributed by atoms with Crippen molar-refractivity contribution in [1.29, 1.82) is 0 Å². The van der Waals surface area contributed by atoms with E-state index in [1.165, 1.54) is 6.39 Å². The maximum atomic E-state index is 4.61. The Kier molecular flexibility index (Phi) is 2.89. The third-order valence-corrected chi connectivity index (χ3v) is 1.86. The lowest BCUT2D eigenvalue weighted by molar-refractivity contribution is 0.407. The Bertz CT molecular complexity index is 419. The number of rotatable bonds is 5. The number of nitrogens with one attached hydrogen (secondary N) is 1. The molecule has 0 aliphatic rings. The van der Waals surface area contributed by atoms with Gasteiger partial charge in [0.15, 0.2) is 5.82 Å². The van der Waals surface area contributed by atoms with E-state index in [1.807, 2.05) is 6.20 Å². The van der Waals surface area contributed by atoms with E-state index >= 15 is 0 Å². The first-order valence-electron chi connectivity index (χ1n) is 4.50. The molecule has 6 heteroatoms. The Labute approximate surface area is 86.6 Å². The fourth-order valence-electron chi connectivity index (χ4n) is 1.16. The molecule has 0 aliphatic heterocycles. The molecule has 0 saturated heterocycles. The van der Waals surface area contributed by atoms with Crippen molar-refractivity contribution in [3.63, 3.8) is 0 Å². The van der Waals surface area contributed by atoms with E-state index < -0.39 is 0 Å². The monoisotopic (exact) mass is 205 g/mol. The van der Waals surface area contributed by atoms with Crippen molar-refractivity contribution in [1.82, 2.24) is 25.2 Å². The summed E-state index contributed by atoms with van der Waals surface area (Å²) in [6.45, 7) is 4.90. The molecule has 0 unspecified atom stereocenters. The highest BCUT2D eigenvalue weighted by atomic mass is 16.5. The first-order valence-corrected chi connectivity index (χ1v) is 4.50. The predicted octanol–water partition coefficient (Wildman–Crippen LogP) is 0.656. The normalized spacial score (nSPS) is 10.4. The van der Waals surface area contributed by atoms with Crippen molar-refractivity contribution >= 4 is 6.20 Å². The second-order valence-corrected chi connectivity index (χ2v) is 2.96. The van der Waals surface area contributed by atoms with Crippen LogP contribution >= 0.6 is 0 Å². The molecular formula is C9H11N5O. The fourth-order valence-corrected chi connectivity index (χ4v) is 1.16. The molecule has 2 aromatic heterocycles. The van der Waals surface area contributed by atoms with Gasteiger partial charge in [0.2, 0.25) is 6.39 Å². The van der Waals surface area contributed by atoms with Gasteiger partial charge in [-0.05, 0) is 0 Å². The van der Waals surface area contributed by atoms with Gasteiger partial charge in [0.25, 0.3) is 0 Å². The molecule has 6 nitrogen and oxygen atoms in total. The Morgan fingerprint density at radius 2 is 2.47 bits per heavy atom. The zero-order valence-electron chi connectivity index (χ0n) is 8.13. The molecule has 0 amide bonds. The number of hydrogen-bond donors (Lipinski definition) is 1. The smallest absolute Gasteiger partial charge is 0.213 e. The van der Waals surface area contributed by atoms with Crippen molar-refractivity contribution in [2.45, 2.75) is 13.1 Å². The summed E-state index contributed by atoms with van der Waals surface area (Å²) in [6.07, 6.45) is 6.64. The minimum absolute atomic E-state index is 0.579. The van der Waals surface area contributed by atoms with Crippen LogP contribution in [0.5, 0.6) is 0 Å². The molecule has 2 aromatic rings. The average molecular weight is 205 g/mol. The standard InChI is InChI=1S/C9H11N5O/c1-2-14-6-8(4-12-14)3-10-5-9-11-7-15-13-9/h2,4,6-7,10H,1,3,5H2. The average Bonchev–Trinajstić information content (AvgIpc) is 2.88. The number of nitrogens with zero attached hydrogens (tertiary/aromatic N) is 4. The van der Waals surface area contributed by atoms with Crippen molar-refractivity contribution in [2.24, 2.45) is 0 Å². The van der Waals surface area contributed by atoms with Crippen molar-refractivity contribution in [3.8, 4) is 0 Å². The maximum absolute atomic E-state index is 4.61. The Hall–Kier alpha value is -1.95. The molecule has 0 aliphatic carbocycles. The van der Waals surface area contributed by atoms with Crippen molar-refractivity contribution in [2.75, 3.05) is 0 Å². The fraction of sp³-hybridized carbons (Fsp3) is 0.222. The predicted molar refractivity (Wildman–Crippen MR) is 53.5 cm³/mol. The van der Waals surface area contributed by atoms with Crippen LogP contribution < -0.4 is 5.32 Å². The highest BCUT2D eigenvalue weighted by molar-refractivity contribution is 5.17. The Balaban J connectivity index is 1.80. The molecule has 1 N–H and O–H groups in total. The van der Waals surface area contributed by atoms with Crippen LogP contribution in [-0.4, -0.2) is 19.9 Å². The van der Waals surface area contributed by atoms with E-state index in [9.17, 15) is 0 Å². The molecule has 0 radical (unpaired) electrons. The lowest BCUT2D eigenvalue weighted by Crippen LogP contribution is -2.13. The molecule has 0 fully saturated rings. The van der Waals surface area contributed by atoms with Gasteiger partial charge in [-0.15, -0.1) is 0 Å². The second kappa shape index (κ2) is 4.52. The topological polar surface area (TPSA) is 68.8 Å². The summed E-state index contributed by atoms with van der Waals surface area (Å²) in [5, 5.41) is 10.9. The van der Waals surface area contributed by atoms with Crippen LogP contribution in [-0.2, 0) is 13.1 Å². The van der Waals surface area contributed by atoms with Crippen LogP contribution in [0.3, 0.4) is 0 Å². The molecule has 0 saturated carbocycles. The van der Waals surface area contributed by atoms with Crippen LogP contribution in [0.15, 0.2) is 29.9 Å². The van der Waals surface area contributed by atoms with Crippen molar-refractivity contribution < 1.29 is 4.52 Å². The van der Waals surface area contributed by atoms with Gasteiger partial charge in [0.1, 0.15) is 0 Å². The summed E-state index contributed by atoms with van der Waals surface area (Å²) in [5.41, 5.74) is 1.08.